The molecule has 0 aromatic heterocycles. The third-order valence-corrected chi connectivity index (χ3v) is 4.04. The molecule has 1 atom stereocenters. The molecule has 1 amide bonds. The summed E-state index contributed by atoms with van der Waals surface area (Å²) in [5.41, 5.74) is 4.32. The molecule has 1 unspecified atom stereocenters. The van der Waals surface area contributed by atoms with Crippen molar-refractivity contribution in [3.05, 3.63) is 58.7 Å². The molecule has 2 aromatic carbocycles. The summed E-state index contributed by atoms with van der Waals surface area (Å²) in [7, 11) is 1.60. The van der Waals surface area contributed by atoms with Crippen LogP contribution in [0.2, 0.25) is 0 Å². The number of aryl methyl sites for hydroxylation is 1. The number of rotatable bonds is 4. The number of nitrogens with one attached hydrogen (secondary N) is 1. The van der Waals surface area contributed by atoms with E-state index in [1.54, 1.807) is 7.11 Å². The summed E-state index contributed by atoms with van der Waals surface area (Å²) >= 11 is 0. The Morgan fingerprint density at radius 3 is 2.86 bits per heavy atom. The quantitative estimate of drug-likeness (QED) is 0.912. The average molecular weight is 297 g/mol. The molecule has 1 aliphatic heterocycles. The molecule has 4 heteroatoms. The minimum Gasteiger partial charge on any atom is -0.497 e. The fourth-order valence-corrected chi connectivity index (χ4v) is 2.85. The number of ether oxygens (including phenoxy) is 1. The molecule has 3 rings (SSSR count). The van der Waals surface area contributed by atoms with Crippen LogP contribution in [0.4, 0.5) is 5.69 Å². The van der Waals surface area contributed by atoms with E-state index in [1.807, 2.05) is 36.4 Å². The summed E-state index contributed by atoms with van der Waals surface area (Å²) < 4.78 is 5.21. The zero-order valence-corrected chi connectivity index (χ0v) is 12.7. The van der Waals surface area contributed by atoms with Gasteiger partial charge in [-0.25, -0.2) is 0 Å². The van der Waals surface area contributed by atoms with Gasteiger partial charge >= 0.3 is 0 Å². The van der Waals surface area contributed by atoms with Crippen LogP contribution in [0.15, 0.2) is 36.4 Å². The van der Waals surface area contributed by atoms with E-state index in [0.717, 1.165) is 34.4 Å². The number of aliphatic hydroxyl groups is 1. The van der Waals surface area contributed by atoms with Crippen LogP contribution in [0.3, 0.4) is 0 Å². The van der Waals surface area contributed by atoms with Crippen LogP contribution in [0.25, 0.3) is 0 Å². The number of methoxy groups -OCH3 is 1. The summed E-state index contributed by atoms with van der Waals surface area (Å²) in [5.74, 6) is 0.672. The van der Waals surface area contributed by atoms with Gasteiger partial charge in [-0.2, -0.15) is 0 Å². The van der Waals surface area contributed by atoms with Crippen LogP contribution in [-0.4, -0.2) is 18.1 Å². The summed E-state index contributed by atoms with van der Waals surface area (Å²) in [6.45, 7) is 2.06. The number of fused-ring (bicyclic) bond motifs is 1. The second-order valence-corrected chi connectivity index (χ2v) is 5.48. The molecule has 0 radical (unpaired) electrons. The smallest absolute Gasteiger partial charge is 0.228 e. The Kier molecular flexibility index (Phi) is 3.86. The number of hydrogen-bond donors (Lipinski definition) is 2. The van der Waals surface area contributed by atoms with E-state index in [2.05, 4.69) is 12.2 Å². The maximum Gasteiger partial charge on any atom is 0.228 e. The highest BCUT2D eigenvalue weighted by Crippen LogP contribution is 2.36. The standard InChI is InChI=1S/C18H19NO3/c1-3-11-7-13-10-16(20)19-17(13)15(8-11)18(21)12-5-4-6-14(9-12)22-2/h4-9,18,21H,3,10H2,1-2H3,(H,19,20). The fraction of sp³-hybridized carbons (Fsp3) is 0.278. The van der Waals surface area contributed by atoms with Crippen LogP contribution < -0.4 is 10.1 Å². The maximum atomic E-state index is 11.7. The molecule has 2 N–H and O–H groups in total. The lowest BCUT2D eigenvalue weighted by Crippen LogP contribution is -2.08. The first-order chi connectivity index (χ1) is 10.6. The van der Waals surface area contributed by atoms with Crippen LogP contribution in [0.5, 0.6) is 5.75 Å². The maximum absolute atomic E-state index is 11.7. The number of hydrogen-bond acceptors (Lipinski definition) is 3. The van der Waals surface area contributed by atoms with Crippen LogP contribution in [-0.2, 0) is 17.6 Å². The molecule has 0 aliphatic carbocycles. The number of carbonyl (C=O) groups is 1. The predicted molar refractivity (Wildman–Crippen MR) is 85.2 cm³/mol. The third-order valence-electron chi connectivity index (χ3n) is 4.04. The lowest BCUT2D eigenvalue weighted by Gasteiger charge is -2.17. The second kappa shape index (κ2) is 5.81. The van der Waals surface area contributed by atoms with Crippen molar-refractivity contribution >= 4 is 11.6 Å². The van der Waals surface area contributed by atoms with E-state index in [4.69, 9.17) is 4.74 Å². The molecule has 4 nitrogen and oxygen atoms in total. The van der Waals surface area contributed by atoms with Gasteiger partial charge in [0.15, 0.2) is 0 Å². The lowest BCUT2D eigenvalue weighted by atomic mass is 9.94. The van der Waals surface area contributed by atoms with Gasteiger partial charge < -0.3 is 15.2 Å². The zero-order valence-electron chi connectivity index (χ0n) is 12.7. The molecule has 22 heavy (non-hydrogen) atoms. The van der Waals surface area contributed by atoms with Crippen molar-refractivity contribution in [1.82, 2.24) is 0 Å². The van der Waals surface area contributed by atoms with E-state index in [0.29, 0.717) is 12.2 Å². The van der Waals surface area contributed by atoms with Crippen molar-refractivity contribution in [3.8, 4) is 5.75 Å². The van der Waals surface area contributed by atoms with Gasteiger partial charge in [-0.05, 0) is 35.2 Å². The molecule has 2 aromatic rings. The minimum absolute atomic E-state index is 0.0256. The average Bonchev–Trinajstić information content (AvgIpc) is 2.93. The number of anilines is 1. The van der Waals surface area contributed by atoms with Crippen molar-refractivity contribution in [2.24, 2.45) is 0 Å². The van der Waals surface area contributed by atoms with Crippen molar-refractivity contribution in [1.29, 1.82) is 0 Å². The Labute approximate surface area is 129 Å². The first-order valence-corrected chi connectivity index (χ1v) is 7.40. The van der Waals surface area contributed by atoms with Crippen molar-refractivity contribution in [3.63, 3.8) is 0 Å². The largest absolute Gasteiger partial charge is 0.497 e. The molecule has 0 spiro atoms. The topological polar surface area (TPSA) is 58.6 Å². The molecule has 114 valence electrons. The predicted octanol–water partition coefficient (Wildman–Crippen LogP) is 2.83. The van der Waals surface area contributed by atoms with Gasteiger partial charge in [-0.15, -0.1) is 0 Å². The van der Waals surface area contributed by atoms with Gasteiger partial charge in [-0.3, -0.25) is 4.79 Å². The Balaban J connectivity index is 2.07. The van der Waals surface area contributed by atoms with Crippen LogP contribution >= 0.6 is 0 Å². The highest BCUT2D eigenvalue weighted by molar-refractivity contribution is 6.00. The summed E-state index contributed by atoms with van der Waals surface area (Å²) in [6, 6.07) is 11.4. The van der Waals surface area contributed by atoms with Gasteiger partial charge in [0.2, 0.25) is 5.91 Å². The van der Waals surface area contributed by atoms with Gasteiger partial charge in [0.1, 0.15) is 11.9 Å². The van der Waals surface area contributed by atoms with Crippen molar-refractivity contribution < 1.29 is 14.6 Å². The summed E-state index contributed by atoms with van der Waals surface area (Å²) in [5, 5.41) is 13.6. The van der Waals surface area contributed by atoms with Crippen molar-refractivity contribution in [2.75, 3.05) is 12.4 Å². The Bertz CT molecular complexity index is 724. The molecule has 1 heterocycles. The van der Waals surface area contributed by atoms with E-state index in [9.17, 15) is 9.90 Å². The lowest BCUT2D eigenvalue weighted by molar-refractivity contribution is -0.115. The molecule has 0 fully saturated rings. The number of benzene rings is 2. The van der Waals surface area contributed by atoms with E-state index in [1.165, 1.54) is 0 Å². The van der Waals surface area contributed by atoms with Gasteiger partial charge in [0.05, 0.1) is 19.2 Å². The van der Waals surface area contributed by atoms with E-state index >= 15 is 0 Å². The molecule has 0 saturated heterocycles. The normalized spacial score (nSPS) is 14.4. The summed E-state index contributed by atoms with van der Waals surface area (Å²) in [4.78, 5) is 11.7. The SMILES string of the molecule is CCc1cc2c(c(C(O)c3cccc(OC)c3)c1)NC(=O)C2. The number of carbonyl (C=O) groups excluding carboxylic acids is 1. The highest BCUT2D eigenvalue weighted by atomic mass is 16.5. The fourth-order valence-electron chi connectivity index (χ4n) is 2.85. The zero-order chi connectivity index (χ0) is 15.7. The summed E-state index contributed by atoms with van der Waals surface area (Å²) in [6.07, 6.45) is 0.439. The number of aliphatic hydroxyl groups excluding tert-OH is 1. The highest BCUT2D eigenvalue weighted by Gasteiger charge is 2.25. The van der Waals surface area contributed by atoms with Crippen molar-refractivity contribution in [2.45, 2.75) is 25.9 Å². The Morgan fingerprint density at radius 1 is 1.32 bits per heavy atom. The monoisotopic (exact) mass is 297 g/mol. The van der Waals surface area contributed by atoms with Gasteiger partial charge in [0.25, 0.3) is 0 Å². The molecular weight excluding hydrogens is 278 g/mol. The molecular formula is C18H19NO3. The van der Waals surface area contributed by atoms with E-state index in [-0.39, 0.29) is 5.91 Å². The molecule has 0 bridgehead atoms. The van der Waals surface area contributed by atoms with Gasteiger partial charge in [0, 0.05) is 5.56 Å². The Hall–Kier alpha value is -2.33. The Morgan fingerprint density at radius 2 is 2.14 bits per heavy atom. The molecule has 1 aliphatic rings. The van der Waals surface area contributed by atoms with Crippen LogP contribution in [0, 0.1) is 0 Å². The number of amides is 1. The van der Waals surface area contributed by atoms with Crippen LogP contribution in [0.1, 0.15) is 35.3 Å². The third kappa shape index (κ3) is 2.57. The second-order valence-electron chi connectivity index (χ2n) is 5.48. The molecule has 0 saturated carbocycles. The first-order valence-electron chi connectivity index (χ1n) is 7.40. The van der Waals surface area contributed by atoms with Gasteiger partial charge in [-0.1, -0.05) is 31.2 Å². The van der Waals surface area contributed by atoms with E-state index < -0.39 is 6.10 Å². The first kappa shape index (κ1) is 14.6. The minimum atomic E-state index is -0.797.